The number of carbonyl (C=O) groups is 1. The number of nitrogens with zero attached hydrogens (tertiary/aromatic N) is 1. The monoisotopic (exact) mass is 420 g/mol. The number of amides is 1. The second-order valence-electron chi connectivity index (χ2n) is 8.61. The van der Waals surface area contributed by atoms with E-state index >= 15 is 0 Å². The van der Waals surface area contributed by atoms with Crippen LogP contribution in [0.25, 0.3) is 0 Å². The molecular formula is C21H22BF3NO4-. The molecule has 9 heteroatoms. The third-order valence-corrected chi connectivity index (χ3v) is 6.11. The fourth-order valence-electron chi connectivity index (χ4n) is 3.98. The first-order valence-corrected chi connectivity index (χ1v) is 9.65. The fourth-order valence-corrected chi connectivity index (χ4v) is 3.98. The van der Waals surface area contributed by atoms with Gasteiger partial charge in [-0.1, -0.05) is 35.9 Å². The molecule has 0 bridgehead atoms. The molecule has 2 heterocycles. The lowest BCUT2D eigenvalue weighted by molar-refractivity contribution is -0.137. The van der Waals surface area contributed by atoms with Crippen LogP contribution >= 0.6 is 0 Å². The third kappa shape index (κ3) is 3.16. The van der Waals surface area contributed by atoms with E-state index in [1.165, 1.54) is 17.0 Å². The highest BCUT2D eigenvalue weighted by atomic mass is 19.4. The summed E-state index contributed by atoms with van der Waals surface area (Å²) < 4.78 is 57.2. The van der Waals surface area contributed by atoms with E-state index in [0.717, 1.165) is 12.1 Å². The first kappa shape index (κ1) is 20.7. The van der Waals surface area contributed by atoms with Crippen LogP contribution in [0.4, 0.5) is 23.7 Å². The van der Waals surface area contributed by atoms with Crippen LogP contribution in [0.1, 0.15) is 44.8 Å². The van der Waals surface area contributed by atoms with Gasteiger partial charge in [-0.25, -0.2) is 4.79 Å². The van der Waals surface area contributed by atoms with Crippen LogP contribution in [0.2, 0.25) is 0 Å². The molecule has 1 amide bonds. The van der Waals surface area contributed by atoms with Gasteiger partial charge in [-0.15, -0.1) is 0 Å². The molecule has 0 aliphatic carbocycles. The van der Waals surface area contributed by atoms with Gasteiger partial charge in [0.05, 0.1) is 5.56 Å². The summed E-state index contributed by atoms with van der Waals surface area (Å²) in [6.07, 6.45) is -5.21. The minimum atomic E-state index is -4.47. The number of halogens is 3. The van der Waals surface area contributed by atoms with Gasteiger partial charge in [-0.2, -0.15) is 13.2 Å². The van der Waals surface area contributed by atoms with Crippen molar-refractivity contribution in [3.8, 4) is 0 Å². The lowest BCUT2D eigenvalue weighted by Crippen LogP contribution is -2.47. The Morgan fingerprint density at radius 2 is 1.43 bits per heavy atom. The maximum Gasteiger partial charge on any atom is 0.466 e. The highest BCUT2D eigenvalue weighted by molar-refractivity contribution is 6.68. The minimum absolute atomic E-state index is 0.260. The first-order chi connectivity index (χ1) is 13.9. The van der Waals surface area contributed by atoms with Crippen molar-refractivity contribution in [3.63, 3.8) is 0 Å². The molecule has 30 heavy (non-hydrogen) atoms. The molecule has 2 aliphatic rings. The lowest BCUT2D eigenvalue weighted by Gasteiger charge is -2.37. The Morgan fingerprint density at radius 1 is 0.900 bits per heavy atom. The van der Waals surface area contributed by atoms with Crippen molar-refractivity contribution in [2.75, 3.05) is 4.90 Å². The highest BCUT2D eigenvalue weighted by Crippen LogP contribution is 2.52. The predicted molar refractivity (Wildman–Crippen MR) is 106 cm³/mol. The van der Waals surface area contributed by atoms with E-state index in [1.54, 1.807) is 24.3 Å². The summed E-state index contributed by atoms with van der Waals surface area (Å²) >= 11 is 0. The van der Waals surface area contributed by atoms with Gasteiger partial charge >= 0.3 is 19.0 Å². The van der Waals surface area contributed by atoms with Crippen molar-refractivity contribution in [2.45, 2.75) is 51.0 Å². The average molecular weight is 420 g/mol. The molecule has 1 unspecified atom stereocenters. The van der Waals surface area contributed by atoms with Crippen LogP contribution in [0.15, 0.2) is 54.6 Å². The van der Waals surface area contributed by atoms with Gasteiger partial charge in [0.25, 0.3) is 0 Å². The molecule has 2 aromatic carbocycles. The van der Waals surface area contributed by atoms with Crippen molar-refractivity contribution in [2.24, 2.45) is 0 Å². The second-order valence-corrected chi connectivity index (χ2v) is 8.61. The Kier molecular flexibility index (Phi) is 4.49. The van der Waals surface area contributed by atoms with E-state index in [4.69, 9.17) is 14.0 Å². The number of hydrogen-bond acceptors (Lipinski definition) is 4. The molecule has 1 spiro atoms. The van der Waals surface area contributed by atoms with Gasteiger partial charge in [-0.3, -0.25) is 0 Å². The van der Waals surface area contributed by atoms with Crippen molar-refractivity contribution < 1.29 is 31.9 Å². The zero-order valence-electron chi connectivity index (χ0n) is 17.1. The molecular weight excluding hydrogens is 398 g/mol. The lowest BCUT2D eigenvalue weighted by atomic mass is 9.65. The molecule has 0 N–H and O–H groups in total. The molecule has 160 valence electrons. The zero-order chi connectivity index (χ0) is 21.9. The number of anilines is 1. The summed E-state index contributed by atoms with van der Waals surface area (Å²) in [5.41, 5.74) is -1.38. The van der Waals surface area contributed by atoms with Crippen molar-refractivity contribution in [1.82, 2.24) is 0 Å². The number of hydrogen-bond donors (Lipinski definition) is 0. The Hall–Kier alpha value is -2.52. The van der Waals surface area contributed by atoms with E-state index in [9.17, 15) is 18.0 Å². The van der Waals surface area contributed by atoms with Crippen LogP contribution in [0, 0.1) is 0 Å². The molecule has 0 radical (unpaired) electrons. The quantitative estimate of drug-likeness (QED) is 0.604. The highest BCUT2D eigenvalue weighted by Gasteiger charge is 2.64. The molecule has 2 aliphatic heterocycles. The second kappa shape index (κ2) is 6.49. The van der Waals surface area contributed by atoms with Crippen LogP contribution in [0.5, 0.6) is 0 Å². The SMILES string of the molecule is CC1(C)O[B-]2(OC(=O)N(c3ccc(C(F)(F)F)cc3)C2c2ccccc2)OC1(C)C. The fraction of sp³-hybridized carbons (Fsp3) is 0.381. The van der Waals surface area contributed by atoms with Gasteiger partial charge in [0, 0.05) is 22.8 Å². The van der Waals surface area contributed by atoms with E-state index in [-0.39, 0.29) is 5.69 Å². The smallest absolute Gasteiger partial charge is 0.466 e. The van der Waals surface area contributed by atoms with Crippen molar-refractivity contribution in [3.05, 3.63) is 65.7 Å². The Bertz CT molecular complexity index is 944. The van der Waals surface area contributed by atoms with Crippen LogP contribution in [-0.4, -0.2) is 24.0 Å². The number of rotatable bonds is 2. The van der Waals surface area contributed by atoms with Crippen molar-refractivity contribution >= 4 is 18.5 Å². The average Bonchev–Trinajstić information content (AvgIpc) is 3.01. The van der Waals surface area contributed by atoms with E-state index in [0.29, 0.717) is 5.56 Å². The largest absolute Gasteiger partial charge is 0.625 e. The predicted octanol–water partition coefficient (Wildman–Crippen LogP) is 5.49. The van der Waals surface area contributed by atoms with Crippen LogP contribution < -0.4 is 4.90 Å². The molecule has 2 saturated heterocycles. The summed E-state index contributed by atoms with van der Waals surface area (Å²) in [4.78, 5) is 14.3. The standard InChI is InChI=1S/C21H22BF3NO4/c1-19(2)20(3,4)30-22(29-19)17(14-8-6-5-7-9-14)26(18(27)28-22)16-12-10-15(11-13-16)21(23,24)25/h5-13,17H,1-4H3/q-1. The molecule has 4 rings (SSSR count). The van der Waals surface area contributed by atoms with E-state index in [1.807, 2.05) is 33.8 Å². The Morgan fingerprint density at radius 3 is 1.93 bits per heavy atom. The van der Waals surface area contributed by atoms with Crippen LogP contribution in [-0.2, 0) is 20.1 Å². The number of carbonyl (C=O) groups excluding carboxylic acids is 1. The molecule has 0 saturated carbocycles. The molecule has 0 aromatic heterocycles. The Balaban J connectivity index is 1.82. The summed E-state index contributed by atoms with van der Waals surface area (Å²) in [5.74, 6) is -0.795. The van der Waals surface area contributed by atoms with E-state index < -0.39 is 41.7 Å². The number of benzene rings is 2. The summed E-state index contributed by atoms with van der Waals surface area (Å²) in [6, 6.07) is 13.4. The maximum atomic E-state index is 13.0. The number of alkyl halides is 3. The van der Waals surface area contributed by atoms with Gasteiger partial charge in [0.1, 0.15) is 0 Å². The molecule has 1 atom stereocenters. The summed E-state index contributed by atoms with van der Waals surface area (Å²) in [6.45, 7) is 4.80. The van der Waals surface area contributed by atoms with Gasteiger partial charge in [0.2, 0.25) is 0 Å². The minimum Gasteiger partial charge on any atom is -0.625 e. The Labute approximate surface area is 172 Å². The van der Waals surface area contributed by atoms with Gasteiger partial charge < -0.3 is 18.9 Å². The zero-order valence-corrected chi connectivity index (χ0v) is 17.1. The van der Waals surface area contributed by atoms with Crippen LogP contribution in [0.3, 0.4) is 0 Å². The maximum absolute atomic E-state index is 13.0. The van der Waals surface area contributed by atoms with Gasteiger partial charge in [0.15, 0.2) is 0 Å². The molecule has 2 fully saturated rings. The van der Waals surface area contributed by atoms with Gasteiger partial charge in [-0.05, 0) is 52.0 Å². The molecule has 2 aromatic rings. The normalized spacial score (nSPS) is 24.3. The summed E-state index contributed by atoms with van der Waals surface area (Å²) in [5, 5.41) is 0. The molecule has 5 nitrogen and oxygen atoms in total. The van der Waals surface area contributed by atoms with E-state index in [2.05, 4.69) is 0 Å². The first-order valence-electron chi connectivity index (χ1n) is 9.65. The third-order valence-electron chi connectivity index (χ3n) is 6.11. The van der Waals surface area contributed by atoms with Crippen molar-refractivity contribution in [1.29, 1.82) is 0 Å². The summed E-state index contributed by atoms with van der Waals surface area (Å²) in [7, 11) is 0. The topological polar surface area (TPSA) is 48.0 Å².